The molecule has 2 nitrogen and oxygen atoms in total. The van der Waals surface area contributed by atoms with Crippen LogP contribution in [0.1, 0.15) is 12.5 Å². The number of carbonyl (C=O) groups excluding carboxylic acids is 1. The normalized spacial score (nSPS) is 11.4. The Morgan fingerprint density at radius 3 is 2.69 bits per heavy atom. The highest BCUT2D eigenvalue weighted by Crippen LogP contribution is 2.25. The van der Waals surface area contributed by atoms with Gasteiger partial charge in [0, 0.05) is 8.95 Å². The average molecular weight is 352 g/mol. The molecular formula is C11H9Br2FO2. The Balaban J connectivity index is 2.89. The first kappa shape index (κ1) is 13.4. The van der Waals surface area contributed by atoms with Crippen LogP contribution in [0.15, 0.2) is 33.0 Å². The number of esters is 1. The van der Waals surface area contributed by atoms with Gasteiger partial charge in [0.1, 0.15) is 0 Å². The van der Waals surface area contributed by atoms with Crippen LogP contribution in [0.2, 0.25) is 0 Å². The van der Waals surface area contributed by atoms with Gasteiger partial charge in [-0.15, -0.1) is 0 Å². The summed E-state index contributed by atoms with van der Waals surface area (Å²) in [5.74, 6) is -1.85. The van der Waals surface area contributed by atoms with E-state index in [9.17, 15) is 9.18 Å². The molecule has 5 heteroatoms. The highest BCUT2D eigenvalue weighted by Gasteiger charge is 2.09. The Morgan fingerprint density at radius 2 is 2.12 bits per heavy atom. The SMILES string of the molecule is CCOC(=O)/C(F)=C/c1ccc(Br)c(Br)c1. The van der Waals surface area contributed by atoms with Crippen molar-refractivity contribution in [2.24, 2.45) is 0 Å². The molecule has 1 aromatic carbocycles. The van der Waals surface area contributed by atoms with Gasteiger partial charge in [-0.2, -0.15) is 4.39 Å². The zero-order valence-corrected chi connectivity index (χ0v) is 11.6. The Hall–Kier alpha value is -0.680. The van der Waals surface area contributed by atoms with Crippen molar-refractivity contribution in [1.82, 2.24) is 0 Å². The van der Waals surface area contributed by atoms with Gasteiger partial charge in [0.2, 0.25) is 5.83 Å². The lowest BCUT2D eigenvalue weighted by Gasteiger charge is -2.00. The minimum absolute atomic E-state index is 0.157. The van der Waals surface area contributed by atoms with E-state index in [1.54, 1.807) is 25.1 Å². The molecule has 1 aromatic rings. The van der Waals surface area contributed by atoms with Crippen molar-refractivity contribution in [3.8, 4) is 0 Å². The summed E-state index contributed by atoms with van der Waals surface area (Å²) in [4.78, 5) is 11.0. The van der Waals surface area contributed by atoms with Gasteiger partial charge in [0.15, 0.2) is 0 Å². The number of rotatable bonds is 3. The van der Waals surface area contributed by atoms with Crippen LogP contribution < -0.4 is 0 Å². The van der Waals surface area contributed by atoms with Gasteiger partial charge in [0.25, 0.3) is 0 Å². The van der Waals surface area contributed by atoms with Crippen molar-refractivity contribution in [2.75, 3.05) is 6.61 Å². The number of benzene rings is 1. The molecule has 0 saturated carbocycles. The number of carbonyl (C=O) groups is 1. The number of hydrogen-bond donors (Lipinski definition) is 0. The fraction of sp³-hybridized carbons (Fsp3) is 0.182. The highest BCUT2D eigenvalue weighted by atomic mass is 79.9. The summed E-state index contributed by atoms with van der Waals surface area (Å²) in [6.45, 7) is 1.78. The van der Waals surface area contributed by atoms with E-state index in [4.69, 9.17) is 0 Å². The summed E-state index contributed by atoms with van der Waals surface area (Å²) < 4.78 is 19.4. The second-order valence-corrected chi connectivity index (χ2v) is 4.59. The predicted octanol–water partition coefficient (Wildman–Crippen LogP) is 4.09. The van der Waals surface area contributed by atoms with Crippen molar-refractivity contribution < 1.29 is 13.9 Å². The van der Waals surface area contributed by atoms with Crippen LogP contribution in [0.4, 0.5) is 4.39 Å². The molecule has 1 rings (SSSR count). The summed E-state index contributed by atoms with van der Waals surface area (Å²) in [5.41, 5.74) is 0.584. The van der Waals surface area contributed by atoms with E-state index in [2.05, 4.69) is 36.6 Å². The van der Waals surface area contributed by atoms with Crippen molar-refractivity contribution in [2.45, 2.75) is 6.92 Å². The molecular weight excluding hydrogens is 343 g/mol. The lowest BCUT2D eigenvalue weighted by Crippen LogP contribution is -2.03. The van der Waals surface area contributed by atoms with Gasteiger partial charge in [0.05, 0.1) is 6.61 Å². The Morgan fingerprint density at radius 1 is 1.44 bits per heavy atom. The molecule has 86 valence electrons. The third kappa shape index (κ3) is 3.72. The maximum atomic E-state index is 13.3. The van der Waals surface area contributed by atoms with E-state index in [0.717, 1.165) is 15.0 Å². The molecule has 0 amide bonds. The lowest BCUT2D eigenvalue weighted by molar-refractivity contribution is -0.140. The molecule has 0 fully saturated rings. The smallest absolute Gasteiger partial charge is 0.367 e. The number of hydrogen-bond acceptors (Lipinski definition) is 2. The highest BCUT2D eigenvalue weighted by molar-refractivity contribution is 9.13. The molecule has 0 aliphatic rings. The van der Waals surface area contributed by atoms with E-state index >= 15 is 0 Å². The zero-order valence-electron chi connectivity index (χ0n) is 8.47. The molecule has 0 bridgehead atoms. The van der Waals surface area contributed by atoms with E-state index in [1.807, 2.05) is 0 Å². The van der Waals surface area contributed by atoms with Gasteiger partial charge in [-0.3, -0.25) is 0 Å². The molecule has 0 saturated heterocycles. The molecule has 0 heterocycles. The second-order valence-electron chi connectivity index (χ2n) is 2.89. The maximum Gasteiger partial charge on any atom is 0.367 e. The van der Waals surface area contributed by atoms with E-state index in [0.29, 0.717) is 5.56 Å². The summed E-state index contributed by atoms with van der Waals surface area (Å²) >= 11 is 6.59. The lowest BCUT2D eigenvalue weighted by atomic mass is 10.2. The first-order valence-electron chi connectivity index (χ1n) is 4.54. The molecule has 16 heavy (non-hydrogen) atoms. The Labute approximate surface area is 110 Å². The van der Waals surface area contributed by atoms with Crippen LogP contribution in [0.5, 0.6) is 0 Å². The molecule has 0 radical (unpaired) electrons. The van der Waals surface area contributed by atoms with Crippen LogP contribution in [-0.4, -0.2) is 12.6 Å². The molecule has 0 aliphatic heterocycles. The second kappa shape index (κ2) is 6.15. The van der Waals surface area contributed by atoms with Gasteiger partial charge < -0.3 is 4.74 Å². The van der Waals surface area contributed by atoms with Crippen molar-refractivity contribution in [1.29, 1.82) is 0 Å². The van der Waals surface area contributed by atoms with Gasteiger partial charge in [-0.05, 0) is 62.6 Å². The summed E-state index contributed by atoms with van der Waals surface area (Å²) in [6.07, 6.45) is 1.13. The van der Waals surface area contributed by atoms with Crippen LogP contribution in [0.3, 0.4) is 0 Å². The van der Waals surface area contributed by atoms with Gasteiger partial charge >= 0.3 is 5.97 Å². The zero-order chi connectivity index (χ0) is 12.1. The minimum Gasteiger partial charge on any atom is -0.461 e. The quantitative estimate of drug-likeness (QED) is 0.605. The molecule has 0 aromatic heterocycles. The molecule has 0 unspecified atom stereocenters. The largest absolute Gasteiger partial charge is 0.461 e. The fourth-order valence-electron chi connectivity index (χ4n) is 1.01. The van der Waals surface area contributed by atoms with Crippen LogP contribution >= 0.6 is 31.9 Å². The van der Waals surface area contributed by atoms with Gasteiger partial charge in [-0.25, -0.2) is 4.79 Å². The van der Waals surface area contributed by atoms with Gasteiger partial charge in [-0.1, -0.05) is 6.07 Å². The first-order chi connectivity index (χ1) is 7.54. The monoisotopic (exact) mass is 350 g/mol. The molecule has 0 aliphatic carbocycles. The van der Waals surface area contributed by atoms with Crippen molar-refractivity contribution in [3.63, 3.8) is 0 Å². The summed E-state index contributed by atoms with van der Waals surface area (Å²) in [7, 11) is 0. The topological polar surface area (TPSA) is 26.3 Å². The Kier molecular flexibility index (Phi) is 5.15. The average Bonchev–Trinajstić information content (AvgIpc) is 2.24. The first-order valence-corrected chi connectivity index (χ1v) is 6.12. The maximum absolute atomic E-state index is 13.3. The van der Waals surface area contributed by atoms with E-state index in [-0.39, 0.29) is 6.61 Å². The van der Waals surface area contributed by atoms with E-state index < -0.39 is 11.8 Å². The number of ether oxygens (including phenoxy) is 1. The third-order valence-electron chi connectivity index (χ3n) is 1.71. The molecule has 0 spiro atoms. The number of halogens is 3. The minimum atomic E-state index is -0.943. The molecule has 0 N–H and O–H groups in total. The van der Waals surface area contributed by atoms with Crippen LogP contribution in [0, 0.1) is 0 Å². The standard InChI is InChI=1S/C11H9Br2FO2/c1-2-16-11(15)10(14)6-7-3-4-8(12)9(13)5-7/h3-6H,2H2,1H3/b10-6-. The predicted molar refractivity (Wildman–Crippen MR) is 67.6 cm³/mol. The third-order valence-corrected chi connectivity index (χ3v) is 3.59. The van der Waals surface area contributed by atoms with Crippen molar-refractivity contribution in [3.05, 3.63) is 38.5 Å². The van der Waals surface area contributed by atoms with Crippen LogP contribution in [0.25, 0.3) is 6.08 Å². The van der Waals surface area contributed by atoms with Crippen molar-refractivity contribution >= 4 is 43.9 Å². The van der Waals surface area contributed by atoms with E-state index in [1.165, 1.54) is 0 Å². The van der Waals surface area contributed by atoms with Crippen LogP contribution in [-0.2, 0) is 9.53 Å². The summed E-state index contributed by atoms with van der Waals surface area (Å²) in [5, 5.41) is 0. The summed E-state index contributed by atoms with van der Waals surface area (Å²) in [6, 6.07) is 5.14. The molecule has 0 atom stereocenters. The fourth-order valence-corrected chi connectivity index (χ4v) is 1.65. The Bertz CT molecular complexity index is 430.